The van der Waals surface area contributed by atoms with E-state index in [1.54, 1.807) is 26.0 Å². The molecule has 2 aliphatic carbocycles. The Balaban J connectivity index is 2.16. The van der Waals surface area contributed by atoms with Crippen LogP contribution in [0, 0.1) is 19.8 Å². The summed E-state index contributed by atoms with van der Waals surface area (Å²) in [6.45, 7) is 4.10. The van der Waals surface area contributed by atoms with Crippen LogP contribution in [0.15, 0.2) is 23.5 Å². The third kappa shape index (κ3) is 2.33. The number of rotatable bonds is 1. The summed E-state index contributed by atoms with van der Waals surface area (Å²) in [6, 6.07) is 1.51. The first-order chi connectivity index (χ1) is 14.4. The number of Topliss-reactive ketones (excluding diaryl/α,β-unsaturated/α-hetero) is 3. The second kappa shape index (κ2) is 6.36. The zero-order valence-electron chi connectivity index (χ0n) is 16.9. The Labute approximate surface area is 176 Å². The molecule has 0 fully saturated rings. The maximum atomic E-state index is 13.5. The van der Waals surface area contributed by atoms with Crippen molar-refractivity contribution in [3.8, 4) is 11.5 Å². The number of aromatic hydroxyl groups is 2. The summed E-state index contributed by atoms with van der Waals surface area (Å²) in [7, 11) is 0. The van der Waals surface area contributed by atoms with Crippen LogP contribution in [-0.2, 0) is 9.59 Å². The predicted octanol–water partition coefficient (Wildman–Crippen LogP) is 0.756. The number of phenols is 2. The van der Waals surface area contributed by atoms with E-state index >= 15 is 0 Å². The van der Waals surface area contributed by atoms with Gasteiger partial charge in [-0.25, -0.2) is 0 Å². The zero-order valence-corrected chi connectivity index (χ0v) is 16.9. The van der Waals surface area contributed by atoms with Crippen molar-refractivity contribution in [1.29, 1.82) is 0 Å². The lowest BCUT2D eigenvalue weighted by Crippen LogP contribution is -2.65. The van der Waals surface area contributed by atoms with E-state index in [-0.39, 0.29) is 16.7 Å². The topological polar surface area (TPSA) is 178 Å². The number of fused-ring (bicyclic) bond motifs is 3. The molecule has 9 heteroatoms. The van der Waals surface area contributed by atoms with Gasteiger partial charge in [0.1, 0.15) is 22.8 Å². The molecule has 2 aromatic rings. The predicted molar refractivity (Wildman–Crippen MR) is 108 cm³/mol. The lowest BCUT2D eigenvalue weighted by atomic mass is 9.60. The molecule has 9 nitrogen and oxygen atoms in total. The molecular formula is C22H21NO8. The Morgan fingerprint density at radius 3 is 2.29 bits per heavy atom. The van der Waals surface area contributed by atoms with Gasteiger partial charge in [-0.1, -0.05) is 12.1 Å². The van der Waals surface area contributed by atoms with E-state index in [2.05, 4.69) is 0 Å². The normalized spacial score (nSPS) is 28.0. The van der Waals surface area contributed by atoms with E-state index in [1.165, 1.54) is 0 Å². The molecule has 31 heavy (non-hydrogen) atoms. The molecule has 0 aliphatic heterocycles. The second-order valence-corrected chi connectivity index (χ2v) is 8.15. The number of aliphatic hydroxyl groups excluding tert-OH is 2. The average molecular weight is 427 g/mol. The Hall–Kier alpha value is -3.27. The molecule has 2 aromatic carbocycles. The molecule has 0 saturated carbocycles. The highest BCUT2D eigenvalue weighted by atomic mass is 16.4. The van der Waals surface area contributed by atoms with Gasteiger partial charge in [-0.05, 0) is 42.8 Å². The molecule has 0 heterocycles. The lowest BCUT2D eigenvalue weighted by Gasteiger charge is -2.47. The Morgan fingerprint density at radius 2 is 1.71 bits per heavy atom. The van der Waals surface area contributed by atoms with Crippen LogP contribution in [0.2, 0.25) is 0 Å². The standard InChI is InChI=1S/C22H21NO8/c1-6-4-5-9-7(2)10-13(17(26)12(9)16(6)25)21(30)22(31)14(18(10)27)15(23)19(28)11(8(3)24)20(22)29/h4-5,14-15,18,25-27,29,31H,23H2,1-3H3/t14?,15-,18?,22?/m1/s1. The fraction of sp³-hybridized carbons (Fsp3) is 0.318. The first-order valence-electron chi connectivity index (χ1n) is 9.54. The number of nitrogens with two attached hydrogens (primary N) is 1. The maximum Gasteiger partial charge on any atom is 0.206 e. The molecule has 0 bridgehead atoms. The van der Waals surface area contributed by atoms with Gasteiger partial charge >= 0.3 is 0 Å². The van der Waals surface area contributed by atoms with Crippen LogP contribution in [0.1, 0.15) is 40.1 Å². The molecule has 0 saturated heterocycles. The van der Waals surface area contributed by atoms with Gasteiger partial charge in [-0.15, -0.1) is 0 Å². The van der Waals surface area contributed by atoms with Crippen molar-refractivity contribution in [2.45, 2.75) is 38.5 Å². The number of ketones is 3. The van der Waals surface area contributed by atoms with Crippen molar-refractivity contribution in [3.63, 3.8) is 0 Å². The first-order valence-corrected chi connectivity index (χ1v) is 9.54. The summed E-state index contributed by atoms with van der Waals surface area (Å²) in [5, 5.41) is 54.8. The highest BCUT2D eigenvalue weighted by molar-refractivity contribution is 6.25. The quantitative estimate of drug-likeness (QED) is 0.358. The number of carbonyl (C=O) groups is 3. The number of aryl methyl sites for hydroxylation is 2. The summed E-state index contributed by atoms with van der Waals surface area (Å²) < 4.78 is 0. The third-order valence-electron chi connectivity index (χ3n) is 6.51. The molecule has 162 valence electrons. The fourth-order valence-electron chi connectivity index (χ4n) is 4.88. The van der Waals surface area contributed by atoms with Crippen LogP contribution in [0.25, 0.3) is 10.8 Å². The molecule has 7 N–H and O–H groups in total. The van der Waals surface area contributed by atoms with Crippen molar-refractivity contribution in [3.05, 3.63) is 45.7 Å². The summed E-state index contributed by atoms with van der Waals surface area (Å²) in [4.78, 5) is 38.0. The number of aliphatic hydroxyl groups is 3. The number of hydrogen-bond acceptors (Lipinski definition) is 9. The maximum absolute atomic E-state index is 13.5. The van der Waals surface area contributed by atoms with Crippen LogP contribution in [0.4, 0.5) is 0 Å². The van der Waals surface area contributed by atoms with Gasteiger partial charge in [0.2, 0.25) is 5.78 Å². The number of benzene rings is 2. The van der Waals surface area contributed by atoms with E-state index in [9.17, 15) is 39.9 Å². The van der Waals surface area contributed by atoms with Crippen molar-refractivity contribution in [2.75, 3.05) is 0 Å². The van der Waals surface area contributed by atoms with Gasteiger partial charge < -0.3 is 31.3 Å². The highest BCUT2D eigenvalue weighted by Gasteiger charge is 2.64. The third-order valence-corrected chi connectivity index (χ3v) is 6.51. The van der Waals surface area contributed by atoms with E-state index in [4.69, 9.17) is 5.73 Å². The minimum atomic E-state index is -2.92. The SMILES string of the molecule is CC(=O)C1=C(O)C2(O)C(=O)c3c(c(C)c4ccc(C)c(O)c4c3O)C(O)C2[C@@H](N)C1=O. The highest BCUT2D eigenvalue weighted by Crippen LogP contribution is 2.54. The molecule has 0 radical (unpaired) electrons. The number of carbonyl (C=O) groups excluding carboxylic acids is 3. The van der Waals surface area contributed by atoms with E-state index in [0.717, 1.165) is 6.92 Å². The van der Waals surface area contributed by atoms with Gasteiger partial charge in [0.15, 0.2) is 17.2 Å². The fourth-order valence-corrected chi connectivity index (χ4v) is 4.88. The largest absolute Gasteiger partial charge is 0.508 e. The summed E-state index contributed by atoms with van der Waals surface area (Å²) in [6.07, 6.45) is -1.74. The van der Waals surface area contributed by atoms with E-state index < -0.39 is 63.7 Å². The molecule has 0 aromatic heterocycles. The van der Waals surface area contributed by atoms with Crippen LogP contribution < -0.4 is 5.73 Å². The van der Waals surface area contributed by atoms with E-state index in [1.807, 2.05) is 0 Å². The summed E-state index contributed by atoms with van der Waals surface area (Å²) >= 11 is 0. The molecular weight excluding hydrogens is 406 g/mol. The molecule has 3 unspecified atom stereocenters. The van der Waals surface area contributed by atoms with Gasteiger partial charge in [0.05, 0.1) is 29.0 Å². The van der Waals surface area contributed by atoms with Gasteiger partial charge in [-0.2, -0.15) is 0 Å². The molecule has 2 aliphatic rings. The zero-order chi connectivity index (χ0) is 23.2. The minimum absolute atomic E-state index is 0.0645. The molecule has 0 amide bonds. The van der Waals surface area contributed by atoms with Gasteiger partial charge in [-0.3, -0.25) is 14.4 Å². The number of hydrogen-bond donors (Lipinski definition) is 6. The minimum Gasteiger partial charge on any atom is -0.508 e. The Morgan fingerprint density at radius 1 is 1.10 bits per heavy atom. The average Bonchev–Trinajstić information content (AvgIpc) is 2.69. The number of phenolic OH excluding ortho intramolecular Hbond substituents is 2. The van der Waals surface area contributed by atoms with Gasteiger partial charge in [0.25, 0.3) is 0 Å². The molecule has 0 spiro atoms. The van der Waals surface area contributed by atoms with E-state index in [0.29, 0.717) is 16.5 Å². The van der Waals surface area contributed by atoms with Crippen molar-refractivity contribution < 1.29 is 39.9 Å². The summed E-state index contributed by atoms with van der Waals surface area (Å²) in [5.41, 5.74) is 2.33. The van der Waals surface area contributed by atoms with Gasteiger partial charge in [0, 0.05) is 0 Å². The van der Waals surface area contributed by atoms with Crippen LogP contribution in [-0.4, -0.2) is 54.5 Å². The summed E-state index contributed by atoms with van der Waals surface area (Å²) in [5.74, 6) is -7.06. The Bertz CT molecular complexity index is 1260. The first kappa shape index (κ1) is 21.0. The van der Waals surface area contributed by atoms with Crippen LogP contribution in [0.5, 0.6) is 11.5 Å². The molecule has 4 rings (SSSR count). The smallest absolute Gasteiger partial charge is 0.206 e. The monoisotopic (exact) mass is 427 g/mol. The van der Waals surface area contributed by atoms with Crippen molar-refractivity contribution in [2.24, 2.45) is 11.7 Å². The van der Waals surface area contributed by atoms with Crippen LogP contribution >= 0.6 is 0 Å². The lowest BCUT2D eigenvalue weighted by molar-refractivity contribution is -0.132. The van der Waals surface area contributed by atoms with Crippen LogP contribution in [0.3, 0.4) is 0 Å². The van der Waals surface area contributed by atoms with Crippen molar-refractivity contribution >= 4 is 28.1 Å². The second-order valence-electron chi connectivity index (χ2n) is 8.15. The Kier molecular flexibility index (Phi) is 4.31. The van der Waals surface area contributed by atoms with Crippen molar-refractivity contribution in [1.82, 2.24) is 0 Å². The molecule has 4 atom stereocenters.